The van der Waals surface area contributed by atoms with Crippen LogP contribution in [0.1, 0.15) is 31.8 Å². The maximum absolute atomic E-state index is 13.7. The predicted octanol–water partition coefficient (Wildman–Crippen LogP) is 2.39. The van der Waals surface area contributed by atoms with Crippen molar-refractivity contribution in [2.45, 2.75) is 6.54 Å². The van der Waals surface area contributed by atoms with Gasteiger partial charge in [-0.1, -0.05) is 36.9 Å². The van der Waals surface area contributed by atoms with Gasteiger partial charge in [-0.05, 0) is 29.3 Å². The van der Waals surface area contributed by atoms with Gasteiger partial charge in [0.05, 0.1) is 6.54 Å². The molecule has 0 unspecified atom stereocenters. The second-order valence-electron chi connectivity index (χ2n) is 5.69. The van der Waals surface area contributed by atoms with Crippen LogP contribution < -0.4 is 11.6 Å². The summed E-state index contributed by atoms with van der Waals surface area (Å²) >= 11 is 0. The van der Waals surface area contributed by atoms with E-state index in [0.717, 1.165) is 5.01 Å². The van der Waals surface area contributed by atoms with E-state index in [0.29, 0.717) is 11.1 Å². The van der Waals surface area contributed by atoms with Gasteiger partial charge in [0.25, 0.3) is 0 Å². The summed E-state index contributed by atoms with van der Waals surface area (Å²) in [5, 5.41) is 1.08. The van der Waals surface area contributed by atoms with Crippen molar-refractivity contribution in [2.24, 2.45) is 11.6 Å². The molecule has 0 saturated carbocycles. The first-order valence-corrected chi connectivity index (χ1v) is 7.54. The number of halogens is 1. The third kappa shape index (κ3) is 2.95. The molecule has 3 rings (SSSR count). The standard InChI is InChI=1S/C19H16FN3O2/c1-2-11-7-12(9-13(20)8-11)10-23(22)17-16(21)18(24)14-5-3-4-6-15(14)19(17)25/h2-9H,1,10,21-22H2. The predicted molar refractivity (Wildman–Crippen MR) is 92.5 cm³/mol. The zero-order chi connectivity index (χ0) is 18.1. The normalized spacial score (nSPS) is 13.7. The molecule has 0 atom stereocenters. The van der Waals surface area contributed by atoms with Gasteiger partial charge in [-0.25, -0.2) is 10.2 Å². The van der Waals surface area contributed by atoms with E-state index in [1.54, 1.807) is 30.3 Å². The molecule has 4 N–H and O–H groups in total. The first kappa shape index (κ1) is 16.6. The molecule has 1 aliphatic carbocycles. The van der Waals surface area contributed by atoms with Crippen molar-refractivity contribution in [1.29, 1.82) is 0 Å². The number of hydrogen-bond donors (Lipinski definition) is 2. The number of ketones is 2. The molecule has 126 valence electrons. The van der Waals surface area contributed by atoms with Gasteiger partial charge in [0, 0.05) is 11.1 Å². The molecular formula is C19H16FN3O2. The Balaban J connectivity index is 1.97. The number of nitrogens with two attached hydrogens (primary N) is 2. The van der Waals surface area contributed by atoms with Crippen LogP contribution >= 0.6 is 0 Å². The molecule has 0 bridgehead atoms. The van der Waals surface area contributed by atoms with Crippen LogP contribution in [0.4, 0.5) is 4.39 Å². The smallest absolute Gasteiger partial charge is 0.213 e. The molecule has 0 saturated heterocycles. The number of carbonyl (C=O) groups is 2. The fourth-order valence-electron chi connectivity index (χ4n) is 2.83. The Morgan fingerprint density at radius 1 is 1.08 bits per heavy atom. The van der Waals surface area contributed by atoms with Crippen molar-refractivity contribution in [2.75, 3.05) is 0 Å². The van der Waals surface area contributed by atoms with E-state index >= 15 is 0 Å². The number of nitrogens with zero attached hydrogens (tertiary/aromatic N) is 1. The monoisotopic (exact) mass is 337 g/mol. The Morgan fingerprint density at radius 3 is 2.36 bits per heavy atom. The minimum Gasteiger partial charge on any atom is -0.394 e. The highest BCUT2D eigenvalue weighted by atomic mass is 19.1. The van der Waals surface area contributed by atoms with E-state index in [4.69, 9.17) is 11.6 Å². The van der Waals surface area contributed by atoms with E-state index in [-0.39, 0.29) is 29.1 Å². The van der Waals surface area contributed by atoms with Crippen LogP contribution in [0.15, 0.2) is 60.4 Å². The minimum atomic E-state index is -0.452. The molecule has 25 heavy (non-hydrogen) atoms. The number of fused-ring (bicyclic) bond motifs is 1. The van der Waals surface area contributed by atoms with E-state index in [2.05, 4.69) is 6.58 Å². The van der Waals surface area contributed by atoms with E-state index < -0.39 is 17.4 Å². The average Bonchev–Trinajstić information content (AvgIpc) is 2.59. The second-order valence-corrected chi connectivity index (χ2v) is 5.69. The summed E-state index contributed by atoms with van der Waals surface area (Å²) in [7, 11) is 0. The Hall–Kier alpha value is -3.25. The number of hydrogen-bond acceptors (Lipinski definition) is 5. The van der Waals surface area contributed by atoms with Gasteiger partial charge in [-0.15, -0.1) is 0 Å². The van der Waals surface area contributed by atoms with Gasteiger partial charge in [-0.2, -0.15) is 0 Å². The summed E-state index contributed by atoms with van der Waals surface area (Å²) in [6, 6.07) is 10.7. The van der Waals surface area contributed by atoms with Crippen LogP contribution in [0.5, 0.6) is 0 Å². The highest BCUT2D eigenvalue weighted by molar-refractivity contribution is 6.26. The van der Waals surface area contributed by atoms with Crippen molar-refractivity contribution in [3.8, 4) is 0 Å². The summed E-state index contributed by atoms with van der Waals surface area (Å²) in [5.41, 5.74) is 7.17. The van der Waals surface area contributed by atoms with Gasteiger partial charge in [-0.3, -0.25) is 9.59 Å². The van der Waals surface area contributed by atoms with Crippen molar-refractivity contribution in [1.82, 2.24) is 5.01 Å². The van der Waals surface area contributed by atoms with Crippen molar-refractivity contribution < 1.29 is 14.0 Å². The Labute approximate surface area is 144 Å². The molecule has 0 aliphatic heterocycles. The van der Waals surface area contributed by atoms with E-state index in [1.807, 2.05) is 0 Å². The lowest BCUT2D eigenvalue weighted by molar-refractivity contribution is 0.0937. The van der Waals surface area contributed by atoms with E-state index in [1.165, 1.54) is 18.2 Å². The number of hydrazine groups is 1. The molecule has 6 heteroatoms. The van der Waals surface area contributed by atoms with Crippen molar-refractivity contribution in [3.63, 3.8) is 0 Å². The van der Waals surface area contributed by atoms with Crippen LogP contribution in [0.3, 0.4) is 0 Å². The van der Waals surface area contributed by atoms with Crippen LogP contribution in [-0.2, 0) is 6.54 Å². The van der Waals surface area contributed by atoms with Crippen LogP contribution in [0, 0.1) is 5.82 Å². The lowest BCUT2D eigenvalue weighted by atomic mass is 9.90. The molecule has 2 aromatic carbocycles. The molecule has 0 heterocycles. The summed E-state index contributed by atoms with van der Waals surface area (Å²) < 4.78 is 13.7. The first-order valence-electron chi connectivity index (χ1n) is 7.54. The second kappa shape index (κ2) is 6.33. The molecule has 0 radical (unpaired) electrons. The highest BCUT2D eigenvalue weighted by Crippen LogP contribution is 2.26. The number of rotatable bonds is 4. The van der Waals surface area contributed by atoms with Crippen molar-refractivity contribution >= 4 is 17.6 Å². The molecule has 0 aromatic heterocycles. The summed E-state index contributed by atoms with van der Waals surface area (Å²) in [5.74, 6) is 4.66. The fourth-order valence-corrected chi connectivity index (χ4v) is 2.83. The summed E-state index contributed by atoms with van der Waals surface area (Å²) in [6.45, 7) is 3.61. The Morgan fingerprint density at radius 2 is 1.72 bits per heavy atom. The lowest BCUT2D eigenvalue weighted by Crippen LogP contribution is -2.40. The molecule has 5 nitrogen and oxygen atoms in total. The number of Topliss-reactive ketones (excluding diaryl/α,β-unsaturated/α-hetero) is 2. The highest BCUT2D eigenvalue weighted by Gasteiger charge is 2.33. The van der Waals surface area contributed by atoms with Gasteiger partial charge < -0.3 is 10.7 Å². The van der Waals surface area contributed by atoms with Crippen LogP contribution in [-0.4, -0.2) is 16.6 Å². The van der Waals surface area contributed by atoms with Gasteiger partial charge >= 0.3 is 0 Å². The minimum absolute atomic E-state index is 0.00974. The topological polar surface area (TPSA) is 89.4 Å². The number of allylic oxidation sites excluding steroid dienone is 2. The molecule has 0 fully saturated rings. The molecule has 0 amide bonds. The van der Waals surface area contributed by atoms with Gasteiger partial charge in [0.2, 0.25) is 11.6 Å². The molecular weight excluding hydrogens is 321 g/mol. The largest absolute Gasteiger partial charge is 0.394 e. The molecule has 2 aromatic rings. The number of benzene rings is 2. The van der Waals surface area contributed by atoms with Gasteiger partial charge in [0.15, 0.2) is 0 Å². The third-order valence-corrected chi connectivity index (χ3v) is 3.99. The maximum atomic E-state index is 13.7. The zero-order valence-electron chi connectivity index (χ0n) is 13.3. The van der Waals surface area contributed by atoms with Gasteiger partial charge in [0.1, 0.15) is 17.2 Å². The maximum Gasteiger partial charge on any atom is 0.213 e. The quantitative estimate of drug-likeness (QED) is 0.660. The van der Waals surface area contributed by atoms with Crippen molar-refractivity contribution in [3.05, 3.63) is 88.5 Å². The number of carbonyl (C=O) groups excluding carboxylic acids is 2. The van der Waals surface area contributed by atoms with Crippen LogP contribution in [0.25, 0.3) is 6.08 Å². The molecule has 1 aliphatic rings. The zero-order valence-corrected chi connectivity index (χ0v) is 13.3. The summed E-state index contributed by atoms with van der Waals surface area (Å²) in [6.07, 6.45) is 1.51. The first-order chi connectivity index (χ1) is 11.9. The van der Waals surface area contributed by atoms with Crippen LogP contribution in [0.2, 0.25) is 0 Å². The lowest BCUT2D eigenvalue weighted by Gasteiger charge is -2.26. The molecule has 0 spiro atoms. The summed E-state index contributed by atoms with van der Waals surface area (Å²) in [4.78, 5) is 25.1. The Kier molecular flexibility index (Phi) is 4.21. The average molecular weight is 337 g/mol. The fraction of sp³-hybridized carbons (Fsp3) is 0.0526. The SMILES string of the molecule is C=Cc1cc(F)cc(CN(N)C2=C(N)C(=O)c3ccccc3C2=O)c1. The Bertz CT molecular complexity index is 934. The van der Waals surface area contributed by atoms with E-state index in [9.17, 15) is 14.0 Å². The third-order valence-electron chi connectivity index (χ3n) is 3.99.